The van der Waals surface area contributed by atoms with Crippen molar-refractivity contribution in [2.24, 2.45) is 0 Å². The minimum atomic E-state index is -0.197. The molecule has 0 radical (unpaired) electrons. The van der Waals surface area contributed by atoms with Crippen LogP contribution in [0.4, 0.5) is 0 Å². The zero-order valence-electron chi connectivity index (χ0n) is 30.9. The van der Waals surface area contributed by atoms with E-state index in [1.54, 1.807) is 0 Å². The molecule has 8 aromatic carbocycles. The van der Waals surface area contributed by atoms with E-state index in [2.05, 4.69) is 214 Å². The van der Waals surface area contributed by atoms with Crippen molar-refractivity contribution >= 4 is 76.7 Å². The van der Waals surface area contributed by atoms with Crippen LogP contribution in [0.5, 0.6) is 0 Å². The van der Waals surface area contributed by atoms with E-state index in [4.69, 9.17) is 0 Å². The Bertz CT molecular complexity index is 3270. The molecule has 2 aromatic heterocycles. The number of aromatic nitrogens is 2. The number of hydrogen-bond donors (Lipinski definition) is 2. The van der Waals surface area contributed by atoms with Gasteiger partial charge >= 0.3 is 0 Å². The highest BCUT2D eigenvalue weighted by molar-refractivity contribution is 8.09. The fourth-order valence-electron chi connectivity index (χ4n) is 9.12. The SMILES string of the molecule is C1=C(c2ccccc2)SC2NC(n3c4ccc(-c5ccc6c(c5)c5ccccc5n6-c5ccccc5)cc4c4cc5ccccc5cc43)NC(c3ccccc3)=C12. The minimum absolute atomic E-state index is 0.0821. The summed E-state index contributed by atoms with van der Waals surface area (Å²) in [4.78, 5) is 1.28. The third kappa shape index (κ3) is 5.20. The van der Waals surface area contributed by atoms with Gasteiger partial charge in [0, 0.05) is 43.4 Å². The van der Waals surface area contributed by atoms with Gasteiger partial charge in [-0.3, -0.25) is 5.32 Å². The molecule has 2 unspecified atom stereocenters. The molecule has 0 aliphatic carbocycles. The first-order valence-electron chi connectivity index (χ1n) is 19.6. The summed E-state index contributed by atoms with van der Waals surface area (Å²) in [5.41, 5.74) is 13.3. The molecule has 2 N–H and O–H groups in total. The lowest BCUT2D eigenvalue weighted by Gasteiger charge is -2.35. The summed E-state index contributed by atoms with van der Waals surface area (Å²) in [5.74, 6) is 0. The molecule has 4 heterocycles. The van der Waals surface area contributed by atoms with Crippen molar-refractivity contribution < 1.29 is 0 Å². The van der Waals surface area contributed by atoms with Crippen LogP contribution in [-0.2, 0) is 0 Å². The second-order valence-corrected chi connectivity index (χ2v) is 16.2. The Labute approximate surface area is 334 Å². The smallest absolute Gasteiger partial charge is 0.161 e. The highest BCUT2D eigenvalue weighted by atomic mass is 32.2. The molecule has 0 spiro atoms. The lowest BCUT2D eigenvalue weighted by molar-refractivity contribution is 0.380. The topological polar surface area (TPSA) is 33.9 Å². The normalized spacial score (nSPS) is 16.8. The van der Waals surface area contributed by atoms with Gasteiger partial charge in [0.2, 0.25) is 0 Å². The maximum Gasteiger partial charge on any atom is 0.161 e. The monoisotopic (exact) mass is 748 g/mol. The zero-order valence-corrected chi connectivity index (χ0v) is 31.7. The van der Waals surface area contributed by atoms with E-state index >= 15 is 0 Å². The summed E-state index contributed by atoms with van der Waals surface area (Å²) in [6, 6.07) is 68.4. The minimum Gasteiger partial charge on any atom is -0.352 e. The van der Waals surface area contributed by atoms with Crippen LogP contribution in [0.2, 0.25) is 0 Å². The molecule has 0 amide bonds. The maximum absolute atomic E-state index is 4.05. The van der Waals surface area contributed by atoms with E-state index in [1.807, 2.05) is 11.8 Å². The quantitative estimate of drug-likeness (QED) is 0.184. The van der Waals surface area contributed by atoms with Crippen molar-refractivity contribution in [2.45, 2.75) is 11.7 Å². The van der Waals surface area contributed by atoms with Gasteiger partial charge in [0.1, 0.15) is 0 Å². The van der Waals surface area contributed by atoms with E-state index in [-0.39, 0.29) is 11.7 Å². The second-order valence-electron chi connectivity index (χ2n) is 15.0. The summed E-state index contributed by atoms with van der Waals surface area (Å²) in [7, 11) is 0. The average Bonchev–Trinajstić information content (AvgIpc) is 3.96. The molecule has 57 heavy (non-hydrogen) atoms. The Morgan fingerprint density at radius 3 is 1.77 bits per heavy atom. The predicted octanol–water partition coefficient (Wildman–Crippen LogP) is 12.9. The van der Waals surface area contributed by atoms with Gasteiger partial charge in [-0.1, -0.05) is 133 Å². The fraction of sp³-hybridized carbons (Fsp3) is 0.0385. The van der Waals surface area contributed by atoms with Crippen LogP contribution in [0.3, 0.4) is 0 Å². The van der Waals surface area contributed by atoms with Crippen LogP contribution >= 0.6 is 11.8 Å². The van der Waals surface area contributed by atoms with Crippen molar-refractivity contribution in [1.29, 1.82) is 0 Å². The number of fused-ring (bicyclic) bond motifs is 8. The first kappa shape index (κ1) is 32.5. The number of hydrogen-bond acceptors (Lipinski definition) is 3. The van der Waals surface area contributed by atoms with Crippen LogP contribution in [0.15, 0.2) is 200 Å². The van der Waals surface area contributed by atoms with Gasteiger partial charge in [0.25, 0.3) is 0 Å². The predicted molar refractivity (Wildman–Crippen MR) is 241 cm³/mol. The maximum atomic E-state index is 4.05. The number of thioether (sulfide) groups is 1. The molecular weight excluding hydrogens is 713 g/mol. The summed E-state index contributed by atoms with van der Waals surface area (Å²) in [5, 5.41) is 15.6. The molecule has 12 rings (SSSR count). The average molecular weight is 749 g/mol. The van der Waals surface area contributed by atoms with Crippen LogP contribution in [-0.4, -0.2) is 14.5 Å². The van der Waals surface area contributed by atoms with Crippen LogP contribution < -0.4 is 10.6 Å². The van der Waals surface area contributed by atoms with E-state index < -0.39 is 0 Å². The van der Waals surface area contributed by atoms with Gasteiger partial charge in [-0.05, 0) is 93.7 Å². The van der Waals surface area contributed by atoms with E-state index in [0.29, 0.717) is 0 Å². The molecule has 270 valence electrons. The summed E-state index contributed by atoms with van der Waals surface area (Å²) in [6.45, 7) is 0. The van der Waals surface area contributed by atoms with Gasteiger partial charge in [-0.2, -0.15) is 0 Å². The van der Waals surface area contributed by atoms with Crippen molar-refractivity contribution in [2.75, 3.05) is 0 Å². The summed E-state index contributed by atoms with van der Waals surface area (Å²) < 4.78 is 4.86. The highest BCUT2D eigenvalue weighted by Crippen LogP contribution is 2.47. The van der Waals surface area contributed by atoms with Gasteiger partial charge in [0.15, 0.2) is 6.29 Å². The largest absolute Gasteiger partial charge is 0.352 e. The van der Waals surface area contributed by atoms with Crippen LogP contribution in [0.1, 0.15) is 17.4 Å². The van der Waals surface area contributed by atoms with Crippen molar-refractivity contribution in [3.05, 3.63) is 211 Å². The molecule has 2 aliphatic rings. The van der Waals surface area contributed by atoms with Gasteiger partial charge in [-0.25, -0.2) is 0 Å². The third-order valence-corrected chi connectivity index (χ3v) is 13.0. The van der Waals surface area contributed by atoms with Crippen molar-refractivity contribution in [3.63, 3.8) is 0 Å². The van der Waals surface area contributed by atoms with Gasteiger partial charge < -0.3 is 14.5 Å². The highest BCUT2D eigenvalue weighted by Gasteiger charge is 2.35. The number of para-hydroxylation sites is 2. The summed E-state index contributed by atoms with van der Waals surface area (Å²) in [6.07, 6.45) is 2.17. The van der Waals surface area contributed by atoms with Crippen LogP contribution in [0, 0.1) is 0 Å². The van der Waals surface area contributed by atoms with Gasteiger partial charge in [0.05, 0.1) is 27.4 Å². The first-order chi connectivity index (χ1) is 28.2. The van der Waals surface area contributed by atoms with E-state index in [1.165, 1.54) is 92.8 Å². The number of nitrogens with one attached hydrogen (secondary N) is 2. The van der Waals surface area contributed by atoms with E-state index in [9.17, 15) is 0 Å². The second kappa shape index (κ2) is 12.9. The standard InChI is InChI=1S/C52H36N4S/c1-4-14-33(15-5-1)49-32-44-50(34-16-6-2-7-17-34)53-52(54-51(44)57-49)56-47-27-25-38(30-42(47)43-28-35-18-10-11-19-36(35)31-48(43)56)37-24-26-46-41(29-37)40-22-12-13-23-45(40)55(46)39-20-8-3-9-21-39/h1-32,51-54H. The lowest BCUT2D eigenvalue weighted by Crippen LogP contribution is -2.46. The molecule has 0 saturated heterocycles. The molecule has 10 aromatic rings. The molecule has 4 nitrogen and oxygen atoms in total. The molecular formula is C52H36N4S. The molecule has 2 atom stereocenters. The summed E-state index contributed by atoms with van der Waals surface area (Å²) >= 11 is 1.90. The van der Waals surface area contributed by atoms with Crippen molar-refractivity contribution in [1.82, 2.24) is 19.8 Å². The Balaban J connectivity index is 1.03. The zero-order chi connectivity index (χ0) is 37.5. The Morgan fingerprint density at radius 1 is 0.439 bits per heavy atom. The molecule has 0 bridgehead atoms. The Kier molecular flexibility index (Phi) is 7.34. The number of rotatable bonds is 5. The Hall–Kier alpha value is -6.79. The fourth-order valence-corrected chi connectivity index (χ4v) is 10.4. The lowest BCUT2D eigenvalue weighted by atomic mass is 10.00. The van der Waals surface area contributed by atoms with Crippen molar-refractivity contribution in [3.8, 4) is 16.8 Å². The van der Waals surface area contributed by atoms with Crippen LogP contribution in [0.25, 0.3) is 81.8 Å². The Morgan fingerprint density at radius 2 is 1.02 bits per heavy atom. The third-order valence-electron chi connectivity index (χ3n) is 11.8. The molecule has 0 fully saturated rings. The first-order valence-corrected chi connectivity index (χ1v) is 20.4. The van der Waals surface area contributed by atoms with Gasteiger partial charge in [-0.15, -0.1) is 11.8 Å². The van der Waals surface area contributed by atoms with E-state index in [0.717, 1.165) is 5.70 Å². The number of benzene rings is 8. The molecule has 0 saturated carbocycles. The molecule has 5 heteroatoms. The number of nitrogens with zero attached hydrogens (tertiary/aromatic N) is 2. The molecule has 2 aliphatic heterocycles.